The summed E-state index contributed by atoms with van der Waals surface area (Å²) in [6, 6.07) is 5.69. The molecule has 0 aliphatic carbocycles. The molecule has 1 aromatic rings. The summed E-state index contributed by atoms with van der Waals surface area (Å²) in [5.74, 6) is -1.36. The van der Waals surface area contributed by atoms with Gasteiger partial charge in [0.15, 0.2) is 9.84 Å². The van der Waals surface area contributed by atoms with Gasteiger partial charge < -0.3 is 15.5 Å². The Morgan fingerprint density at radius 3 is 2.22 bits per heavy atom. The van der Waals surface area contributed by atoms with Crippen LogP contribution in [0.2, 0.25) is 0 Å². The van der Waals surface area contributed by atoms with E-state index in [0.29, 0.717) is 12.1 Å². The average Bonchev–Trinajstić information content (AvgIpc) is 2.51. The topological polar surface area (TPSA) is 95.6 Å². The van der Waals surface area contributed by atoms with E-state index >= 15 is 0 Å². The SMILES string of the molecule is CNC(C)CNC(=O)c1ccc(S(=O)(=O)CC(=O)N(C)C)cc1. The molecule has 1 atom stereocenters. The first-order valence-electron chi connectivity index (χ1n) is 7.16. The predicted molar refractivity (Wildman–Crippen MR) is 88.0 cm³/mol. The van der Waals surface area contributed by atoms with Crippen molar-refractivity contribution in [1.29, 1.82) is 0 Å². The Bertz CT molecular complexity index is 654. The summed E-state index contributed by atoms with van der Waals surface area (Å²) in [5, 5.41) is 5.74. The van der Waals surface area contributed by atoms with Crippen molar-refractivity contribution in [1.82, 2.24) is 15.5 Å². The number of rotatable bonds is 7. The zero-order valence-corrected chi connectivity index (χ0v) is 14.6. The van der Waals surface area contributed by atoms with Gasteiger partial charge in [-0.05, 0) is 38.2 Å². The van der Waals surface area contributed by atoms with Crippen LogP contribution in [0.4, 0.5) is 0 Å². The highest BCUT2D eigenvalue weighted by atomic mass is 32.2. The maximum Gasteiger partial charge on any atom is 0.251 e. The molecule has 128 valence electrons. The smallest absolute Gasteiger partial charge is 0.251 e. The molecular weight excluding hydrogens is 318 g/mol. The third kappa shape index (κ3) is 5.65. The van der Waals surface area contributed by atoms with E-state index in [-0.39, 0.29) is 16.8 Å². The second-order valence-corrected chi connectivity index (χ2v) is 7.46. The minimum Gasteiger partial charge on any atom is -0.350 e. The van der Waals surface area contributed by atoms with Crippen molar-refractivity contribution in [3.05, 3.63) is 29.8 Å². The van der Waals surface area contributed by atoms with Crippen molar-refractivity contribution in [2.45, 2.75) is 17.9 Å². The fourth-order valence-corrected chi connectivity index (χ4v) is 2.94. The number of hydrogen-bond acceptors (Lipinski definition) is 5. The molecular formula is C15H23N3O4S. The quantitative estimate of drug-likeness (QED) is 0.721. The summed E-state index contributed by atoms with van der Waals surface area (Å²) < 4.78 is 24.3. The Hall–Kier alpha value is -1.93. The average molecular weight is 341 g/mol. The van der Waals surface area contributed by atoms with Crippen LogP contribution in [0, 0.1) is 0 Å². The van der Waals surface area contributed by atoms with E-state index in [2.05, 4.69) is 10.6 Å². The fraction of sp³-hybridized carbons (Fsp3) is 0.467. The van der Waals surface area contributed by atoms with Crippen LogP contribution >= 0.6 is 0 Å². The third-order valence-electron chi connectivity index (χ3n) is 3.35. The highest BCUT2D eigenvalue weighted by molar-refractivity contribution is 7.92. The highest BCUT2D eigenvalue weighted by Crippen LogP contribution is 2.13. The van der Waals surface area contributed by atoms with E-state index in [1.807, 2.05) is 6.92 Å². The van der Waals surface area contributed by atoms with Crippen LogP contribution in [0.15, 0.2) is 29.2 Å². The molecule has 2 amide bonds. The molecule has 8 heteroatoms. The number of sulfone groups is 1. The molecule has 1 aromatic carbocycles. The lowest BCUT2D eigenvalue weighted by molar-refractivity contribution is -0.125. The number of likely N-dealkylation sites (N-methyl/N-ethyl adjacent to an activating group) is 1. The number of carbonyl (C=O) groups is 2. The van der Waals surface area contributed by atoms with Crippen LogP contribution in [-0.2, 0) is 14.6 Å². The maximum atomic E-state index is 12.1. The maximum absolute atomic E-state index is 12.1. The van der Waals surface area contributed by atoms with E-state index in [1.54, 1.807) is 7.05 Å². The summed E-state index contributed by atoms with van der Waals surface area (Å²) >= 11 is 0. The molecule has 0 heterocycles. The lowest BCUT2D eigenvalue weighted by Gasteiger charge is -2.12. The standard InChI is InChI=1S/C15H23N3O4S/c1-11(16-2)9-17-15(20)12-5-7-13(8-6-12)23(21,22)10-14(19)18(3)4/h5-8,11,16H,9-10H2,1-4H3,(H,17,20). The molecule has 0 saturated heterocycles. The van der Waals surface area contributed by atoms with Crippen LogP contribution in [0.25, 0.3) is 0 Å². The van der Waals surface area contributed by atoms with Crippen molar-refractivity contribution in [2.24, 2.45) is 0 Å². The number of hydrogen-bond donors (Lipinski definition) is 2. The van der Waals surface area contributed by atoms with Gasteiger partial charge in [-0.3, -0.25) is 9.59 Å². The molecule has 1 rings (SSSR count). The van der Waals surface area contributed by atoms with Gasteiger partial charge in [-0.1, -0.05) is 0 Å². The van der Waals surface area contributed by atoms with E-state index in [4.69, 9.17) is 0 Å². The number of nitrogens with zero attached hydrogens (tertiary/aromatic N) is 1. The summed E-state index contributed by atoms with van der Waals surface area (Å²) in [4.78, 5) is 24.8. The predicted octanol–water partition coefficient (Wildman–Crippen LogP) is -0.114. The highest BCUT2D eigenvalue weighted by Gasteiger charge is 2.20. The molecule has 0 saturated carbocycles. The van der Waals surface area contributed by atoms with Gasteiger partial charge in [0.2, 0.25) is 5.91 Å². The molecule has 0 fully saturated rings. The van der Waals surface area contributed by atoms with Crippen molar-refractivity contribution < 1.29 is 18.0 Å². The number of carbonyl (C=O) groups excluding carboxylic acids is 2. The van der Waals surface area contributed by atoms with E-state index in [1.165, 1.54) is 43.3 Å². The second kappa shape index (κ2) is 8.07. The van der Waals surface area contributed by atoms with Gasteiger partial charge in [0.1, 0.15) is 5.75 Å². The lowest BCUT2D eigenvalue weighted by atomic mass is 10.2. The van der Waals surface area contributed by atoms with Gasteiger partial charge in [0.05, 0.1) is 4.90 Å². The molecule has 0 aliphatic heterocycles. The first-order valence-corrected chi connectivity index (χ1v) is 8.81. The van der Waals surface area contributed by atoms with E-state index in [9.17, 15) is 18.0 Å². The molecule has 0 aliphatic rings. The lowest BCUT2D eigenvalue weighted by Crippen LogP contribution is -2.37. The fourth-order valence-electron chi connectivity index (χ4n) is 1.64. The van der Waals surface area contributed by atoms with Gasteiger partial charge in [-0.25, -0.2) is 8.42 Å². The molecule has 1 unspecified atom stereocenters. The van der Waals surface area contributed by atoms with Crippen LogP contribution in [0.1, 0.15) is 17.3 Å². The van der Waals surface area contributed by atoms with Crippen LogP contribution in [0.3, 0.4) is 0 Å². The minimum absolute atomic E-state index is 0.0212. The summed E-state index contributed by atoms with van der Waals surface area (Å²) in [5.41, 5.74) is 0.367. The Labute approximate surface area is 137 Å². The monoisotopic (exact) mass is 341 g/mol. The molecule has 7 nitrogen and oxygen atoms in total. The van der Waals surface area contributed by atoms with Gasteiger partial charge in [0, 0.05) is 32.2 Å². The Morgan fingerprint density at radius 1 is 1.17 bits per heavy atom. The van der Waals surface area contributed by atoms with Gasteiger partial charge in [0.25, 0.3) is 5.91 Å². The van der Waals surface area contributed by atoms with Crippen molar-refractivity contribution in [3.8, 4) is 0 Å². The second-order valence-electron chi connectivity index (χ2n) is 5.47. The zero-order chi connectivity index (χ0) is 17.6. The normalized spacial score (nSPS) is 12.5. The van der Waals surface area contributed by atoms with Gasteiger partial charge in [-0.2, -0.15) is 0 Å². The van der Waals surface area contributed by atoms with E-state index < -0.39 is 21.5 Å². The summed E-state index contributed by atoms with van der Waals surface area (Å²) in [7, 11) is 1.08. The first-order chi connectivity index (χ1) is 10.7. The van der Waals surface area contributed by atoms with Crippen molar-refractivity contribution in [2.75, 3.05) is 33.4 Å². The summed E-state index contributed by atoms with van der Waals surface area (Å²) in [6.45, 7) is 2.39. The molecule has 0 radical (unpaired) electrons. The number of amides is 2. The van der Waals surface area contributed by atoms with Crippen molar-refractivity contribution in [3.63, 3.8) is 0 Å². The molecule has 2 N–H and O–H groups in total. The third-order valence-corrected chi connectivity index (χ3v) is 4.97. The Balaban J connectivity index is 2.80. The first kappa shape index (κ1) is 19.1. The van der Waals surface area contributed by atoms with E-state index in [0.717, 1.165) is 0 Å². The Kier molecular flexibility index (Phi) is 6.71. The minimum atomic E-state index is -3.71. The molecule has 0 bridgehead atoms. The Morgan fingerprint density at radius 2 is 1.74 bits per heavy atom. The molecule has 0 spiro atoms. The van der Waals surface area contributed by atoms with Crippen LogP contribution in [-0.4, -0.2) is 64.6 Å². The molecule has 0 aromatic heterocycles. The summed E-state index contributed by atoms with van der Waals surface area (Å²) in [6.07, 6.45) is 0. The van der Waals surface area contributed by atoms with Crippen LogP contribution in [0.5, 0.6) is 0 Å². The van der Waals surface area contributed by atoms with Crippen LogP contribution < -0.4 is 10.6 Å². The largest absolute Gasteiger partial charge is 0.350 e. The number of nitrogens with one attached hydrogen (secondary N) is 2. The zero-order valence-electron chi connectivity index (χ0n) is 13.8. The van der Waals surface area contributed by atoms with Gasteiger partial charge >= 0.3 is 0 Å². The molecule has 23 heavy (non-hydrogen) atoms. The van der Waals surface area contributed by atoms with Gasteiger partial charge in [-0.15, -0.1) is 0 Å². The van der Waals surface area contributed by atoms with Crippen molar-refractivity contribution >= 4 is 21.7 Å². The number of benzene rings is 1.